The molecule has 2 bridgehead atoms. The molecule has 2 aliphatic rings. The average Bonchev–Trinajstić information content (AvgIpc) is 2.85. The lowest BCUT2D eigenvalue weighted by molar-refractivity contribution is -0.117. The van der Waals surface area contributed by atoms with Gasteiger partial charge in [-0.05, 0) is 38.5 Å². The van der Waals surface area contributed by atoms with Crippen LogP contribution in [0.15, 0.2) is 10.6 Å². The van der Waals surface area contributed by atoms with E-state index in [0.717, 1.165) is 18.5 Å². The molecule has 3 heterocycles. The van der Waals surface area contributed by atoms with E-state index in [-0.39, 0.29) is 5.91 Å². The Bertz CT molecular complexity index is 431. The van der Waals surface area contributed by atoms with Crippen LogP contribution in [0.25, 0.3) is 0 Å². The van der Waals surface area contributed by atoms with Crippen LogP contribution >= 0.6 is 0 Å². The quantitative estimate of drug-likeness (QED) is 0.857. The monoisotopic (exact) mass is 249 g/mol. The van der Waals surface area contributed by atoms with Gasteiger partial charge in [0.25, 0.3) is 0 Å². The van der Waals surface area contributed by atoms with E-state index < -0.39 is 0 Å². The predicted molar refractivity (Wildman–Crippen MR) is 67.2 cm³/mol. The van der Waals surface area contributed by atoms with Crippen molar-refractivity contribution < 1.29 is 9.32 Å². The van der Waals surface area contributed by atoms with Gasteiger partial charge in [-0.25, -0.2) is 0 Å². The summed E-state index contributed by atoms with van der Waals surface area (Å²) in [7, 11) is 0. The molecule has 2 aliphatic heterocycles. The minimum atomic E-state index is 0.0393. The Labute approximate surface area is 106 Å². The molecule has 5 nitrogen and oxygen atoms in total. The smallest absolute Gasteiger partial charge is 0.231 e. The molecule has 1 aromatic rings. The standard InChI is InChI=1S/C13H19N3O2/c1-8-4-13(18-16-8)15-12(17)7-9-5-10-2-3-11(6-9)14-10/h4,9-11,14H,2-3,5-7H2,1H3,(H,15,17). The molecule has 0 spiro atoms. The van der Waals surface area contributed by atoms with Crippen LogP contribution in [-0.4, -0.2) is 23.1 Å². The average molecular weight is 249 g/mol. The highest BCUT2D eigenvalue weighted by atomic mass is 16.5. The number of nitrogens with one attached hydrogen (secondary N) is 2. The third-order valence-corrected chi connectivity index (χ3v) is 3.94. The van der Waals surface area contributed by atoms with Gasteiger partial charge in [-0.3, -0.25) is 10.1 Å². The molecule has 2 fully saturated rings. The molecule has 1 aromatic heterocycles. The third-order valence-electron chi connectivity index (χ3n) is 3.94. The van der Waals surface area contributed by atoms with Crippen molar-refractivity contribution in [1.82, 2.24) is 10.5 Å². The number of fused-ring (bicyclic) bond motifs is 2. The van der Waals surface area contributed by atoms with Crippen LogP contribution in [-0.2, 0) is 4.79 Å². The van der Waals surface area contributed by atoms with Crippen LogP contribution in [0, 0.1) is 12.8 Å². The number of aromatic nitrogens is 1. The normalized spacial score (nSPS) is 30.4. The number of rotatable bonds is 3. The molecule has 2 unspecified atom stereocenters. The third kappa shape index (κ3) is 2.56. The maximum absolute atomic E-state index is 11.9. The molecular formula is C13H19N3O2. The molecule has 1 amide bonds. The van der Waals surface area contributed by atoms with Crippen LogP contribution in [0.1, 0.15) is 37.8 Å². The first-order valence-electron chi connectivity index (χ1n) is 6.68. The van der Waals surface area contributed by atoms with E-state index >= 15 is 0 Å². The van der Waals surface area contributed by atoms with Gasteiger partial charge in [-0.2, -0.15) is 0 Å². The van der Waals surface area contributed by atoms with Crippen molar-refractivity contribution in [3.63, 3.8) is 0 Å². The number of amides is 1. The summed E-state index contributed by atoms with van der Waals surface area (Å²) in [6.45, 7) is 1.84. The van der Waals surface area contributed by atoms with Crippen LogP contribution < -0.4 is 10.6 Å². The molecule has 0 aliphatic carbocycles. The van der Waals surface area contributed by atoms with Crippen molar-refractivity contribution in [2.45, 2.75) is 51.1 Å². The fourth-order valence-corrected chi connectivity index (χ4v) is 3.21. The van der Waals surface area contributed by atoms with Gasteiger partial charge >= 0.3 is 0 Å². The Hall–Kier alpha value is -1.36. The Balaban J connectivity index is 1.52. The van der Waals surface area contributed by atoms with Crippen LogP contribution in [0.5, 0.6) is 0 Å². The maximum Gasteiger partial charge on any atom is 0.231 e. The van der Waals surface area contributed by atoms with Crippen LogP contribution in [0.4, 0.5) is 5.88 Å². The van der Waals surface area contributed by atoms with Crippen LogP contribution in [0.3, 0.4) is 0 Å². The van der Waals surface area contributed by atoms with Gasteiger partial charge in [0, 0.05) is 24.6 Å². The van der Waals surface area contributed by atoms with E-state index in [1.165, 1.54) is 12.8 Å². The number of hydrogen-bond donors (Lipinski definition) is 2. The number of piperidine rings is 1. The number of anilines is 1. The van der Waals surface area contributed by atoms with E-state index in [0.29, 0.717) is 30.3 Å². The molecule has 98 valence electrons. The first kappa shape index (κ1) is 11.7. The highest BCUT2D eigenvalue weighted by molar-refractivity contribution is 5.89. The zero-order chi connectivity index (χ0) is 12.5. The zero-order valence-corrected chi connectivity index (χ0v) is 10.6. The molecule has 2 atom stereocenters. The largest absolute Gasteiger partial charge is 0.338 e. The summed E-state index contributed by atoms with van der Waals surface area (Å²) < 4.78 is 4.98. The summed E-state index contributed by atoms with van der Waals surface area (Å²) in [5, 5.41) is 10.1. The van der Waals surface area contributed by atoms with Gasteiger partial charge in [-0.15, -0.1) is 0 Å². The Morgan fingerprint density at radius 3 is 2.83 bits per heavy atom. The molecule has 5 heteroatoms. The minimum absolute atomic E-state index is 0.0393. The van der Waals surface area contributed by atoms with Gasteiger partial charge in [-0.1, -0.05) is 5.16 Å². The first-order valence-corrected chi connectivity index (χ1v) is 6.68. The Morgan fingerprint density at radius 1 is 1.50 bits per heavy atom. The molecule has 3 rings (SSSR count). The highest BCUT2D eigenvalue weighted by Gasteiger charge is 2.34. The molecule has 2 saturated heterocycles. The fraction of sp³-hybridized carbons (Fsp3) is 0.692. The fourth-order valence-electron chi connectivity index (χ4n) is 3.21. The van der Waals surface area contributed by atoms with Crippen molar-refractivity contribution in [2.24, 2.45) is 5.92 Å². The second-order valence-corrected chi connectivity index (χ2v) is 5.56. The maximum atomic E-state index is 11.9. The molecule has 18 heavy (non-hydrogen) atoms. The molecule has 0 radical (unpaired) electrons. The topological polar surface area (TPSA) is 67.2 Å². The van der Waals surface area contributed by atoms with E-state index in [1.54, 1.807) is 6.07 Å². The van der Waals surface area contributed by atoms with Gasteiger partial charge in [0.05, 0.1) is 5.69 Å². The number of aryl methyl sites for hydroxylation is 1. The number of nitrogens with zero attached hydrogens (tertiary/aromatic N) is 1. The molecule has 0 saturated carbocycles. The SMILES string of the molecule is Cc1cc(NC(=O)CC2CC3CCC(C2)N3)on1. The molecule has 2 N–H and O–H groups in total. The van der Waals surface area contributed by atoms with Crippen LogP contribution in [0.2, 0.25) is 0 Å². The lowest BCUT2D eigenvalue weighted by atomic mass is 9.89. The zero-order valence-electron chi connectivity index (χ0n) is 10.6. The van der Waals surface area contributed by atoms with Gasteiger partial charge in [0.1, 0.15) is 0 Å². The van der Waals surface area contributed by atoms with Crippen molar-refractivity contribution >= 4 is 11.8 Å². The van der Waals surface area contributed by atoms with E-state index in [2.05, 4.69) is 15.8 Å². The number of carbonyl (C=O) groups excluding carboxylic acids is 1. The molecular weight excluding hydrogens is 230 g/mol. The predicted octanol–water partition coefficient (Wildman–Crippen LogP) is 1.84. The van der Waals surface area contributed by atoms with E-state index in [1.807, 2.05) is 6.92 Å². The van der Waals surface area contributed by atoms with Crippen molar-refractivity contribution in [3.8, 4) is 0 Å². The van der Waals surface area contributed by atoms with Gasteiger partial charge < -0.3 is 9.84 Å². The second-order valence-electron chi connectivity index (χ2n) is 5.56. The first-order chi connectivity index (χ1) is 8.69. The van der Waals surface area contributed by atoms with Gasteiger partial charge in [0.15, 0.2) is 0 Å². The summed E-state index contributed by atoms with van der Waals surface area (Å²) in [5.41, 5.74) is 0.783. The van der Waals surface area contributed by atoms with E-state index in [9.17, 15) is 4.79 Å². The minimum Gasteiger partial charge on any atom is -0.338 e. The Kier molecular flexibility index (Phi) is 3.07. The lowest BCUT2D eigenvalue weighted by Crippen LogP contribution is -2.39. The Morgan fingerprint density at radius 2 is 2.22 bits per heavy atom. The number of hydrogen-bond acceptors (Lipinski definition) is 4. The number of carbonyl (C=O) groups is 1. The molecule has 0 aromatic carbocycles. The summed E-state index contributed by atoms with van der Waals surface area (Å²) in [5.74, 6) is 1.000. The second kappa shape index (κ2) is 4.72. The summed E-state index contributed by atoms with van der Waals surface area (Å²) in [6.07, 6.45) is 5.38. The lowest BCUT2D eigenvalue weighted by Gasteiger charge is -2.28. The van der Waals surface area contributed by atoms with Crippen molar-refractivity contribution in [2.75, 3.05) is 5.32 Å². The highest BCUT2D eigenvalue weighted by Crippen LogP contribution is 2.32. The van der Waals surface area contributed by atoms with Crippen molar-refractivity contribution in [3.05, 3.63) is 11.8 Å². The van der Waals surface area contributed by atoms with E-state index in [4.69, 9.17) is 4.52 Å². The summed E-state index contributed by atoms with van der Waals surface area (Å²) in [4.78, 5) is 11.9. The van der Waals surface area contributed by atoms with Crippen molar-refractivity contribution in [1.29, 1.82) is 0 Å². The van der Waals surface area contributed by atoms with Gasteiger partial charge in [0.2, 0.25) is 11.8 Å². The summed E-state index contributed by atoms with van der Waals surface area (Å²) in [6, 6.07) is 3.01. The summed E-state index contributed by atoms with van der Waals surface area (Å²) >= 11 is 0.